The summed E-state index contributed by atoms with van der Waals surface area (Å²) in [5.74, 6) is 0. The van der Waals surface area contributed by atoms with Gasteiger partial charge < -0.3 is 19.7 Å². The number of nitrogens with one attached hydrogen (secondary N) is 1. The van der Waals surface area contributed by atoms with Gasteiger partial charge in [-0.3, -0.25) is 0 Å². The Bertz CT molecular complexity index is 319. The summed E-state index contributed by atoms with van der Waals surface area (Å²) in [6.07, 6.45) is -2.88. The number of ether oxygens (including phenoxy) is 2. The molecule has 2 aliphatic heterocycles. The maximum atomic E-state index is 12.0. The fraction of sp³-hybridized carbons (Fsp3) is 0.909. The molecule has 2 fully saturated rings. The van der Waals surface area contributed by atoms with E-state index in [1.165, 1.54) is 4.90 Å². The van der Waals surface area contributed by atoms with E-state index in [1.807, 2.05) is 5.32 Å². The second-order valence-electron chi connectivity index (χ2n) is 4.68. The highest BCUT2D eigenvalue weighted by atomic mass is 19.4. The number of amides is 2. The summed E-state index contributed by atoms with van der Waals surface area (Å²) in [6.45, 7) is 0.254. The molecule has 0 radical (unpaired) electrons. The Labute approximate surface area is 109 Å². The number of halogens is 3. The average molecular weight is 282 g/mol. The zero-order valence-electron chi connectivity index (χ0n) is 10.4. The molecule has 0 aromatic rings. The largest absolute Gasteiger partial charge is 0.405 e. The first kappa shape index (κ1) is 14.4. The number of hydrogen-bond acceptors (Lipinski definition) is 3. The number of carbonyl (C=O) groups is 1. The van der Waals surface area contributed by atoms with Crippen LogP contribution in [0.5, 0.6) is 0 Å². The fourth-order valence-electron chi connectivity index (χ4n) is 2.27. The smallest absolute Gasteiger partial charge is 0.375 e. The quantitative estimate of drug-likeness (QED) is 0.826. The Morgan fingerprint density at radius 1 is 1.26 bits per heavy atom. The molecule has 2 saturated heterocycles. The highest BCUT2D eigenvalue weighted by molar-refractivity contribution is 5.74. The second-order valence-corrected chi connectivity index (χ2v) is 4.68. The summed E-state index contributed by atoms with van der Waals surface area (Å²) in [5, 5.41) is 1.87. The van der Waals surface area contributed by atoms with Crippen LogP contribution in [0, 0.1) is 0 Å². The van der Waals surface area contributed by atoms with E-state index < -0.39 is 18.8 Å². The minimum absolute atomic E-state index is 0.0572. The van der Waals surface area contributed by atoms with Crippen LogP contribution >= 0.6 is 0 Å². The van der Waals surface area contributed by atoms with E-state index in [0.717, 1.165) is 12.8 Å². The van der Waals surface area contributed by atoms with Crippen LogP contribution < -0.4 is 5.32 Å². The molecule has 0 aromatic carbocycles. The summed E-state index contributed by atoms with van der Waals surface area (Å²) in [4.78, 5) is 13.0. The molecular formula is C11H17F3N2O3. The molecule has 0 spiro atoms. The second kappa shape index (κ2) is 5.96. The molecule has 110 valence electrons. The number of alkyl halides is 3. The van der Waals surface area contributed by atoms with Crippen molar-refractivity contribution in [3.05, 3.63) is 0 Å². The SMILES string of the molecule is O=C(NCC(F)(F)F)N1CCO[C@@H]([C@@H]2CCCO2)C1. The molecule has 0 saturated carbocycles. The molecule has 2 heterocycles. The molecule has 8 heteroatoms. The van der Waals surface area contributed by atoms with E-state index >= 15 is 0 Å². The van der Waals surface area contributed by atoms with Crippen molar-refractivity contribution in [2.45, 2.75) is 31.2 Å². The molecule has 5 nitrogen and oxygen atoms in total. The molecule has 1 N–H and O–H groups in total. The van der Waals surface area contributed by atoms with Crippen molar-refractivity contribution < 1.29 is 27.4 Å². The molecule has 19 heavy (non-hydrogen) atoms. The minimum atomic E-state index is -4.39. The van der Waals surface area contributed by atoms with Crippen molar-refractivity contribution in [2.75, 3.05) is 32.8 Å². The number of morpholine rings is 1. The van der Waals surface area contributed by atoms with Crippen LogP contribution in [0.2, 0.25) is 0 Å². The summed E-state index contributed by atoms with van der Waals surface area (Å²) < 4.78 is 47.1. The molecule has 2 amide bonds. The van der Waals surface area contributed by atoms with Gasteiger partial charge >= 0.3 is 12.2 Å². The standard InChI is InChI=1S/C11H17F3N2O3/c12-11(13,14)7-15-10(17)16-3-5-19-9(6-16)8-2-1-4-18-8/h8-9H,1-7H2,(H,15,17)/t8-,9+/m0/s1. The highest BCUT2D eigenvalue weighted by Gasteiger charge is 2.34. The van der Waals surface area contributed by atoms with Gasteiger partial charge in [0.2, 0.25) is 0 Å². The van der Waals surface area contributed by atoms with Crippen molar-refractivity contribution in [2.24, 2.45) is 0 Å². The Morgan fingerprint density at radius 3 is 2.63 bits per heavy atom. The molecule has 0 aromatic heterocycles. The average Bonchev–Trinajstić information content (AvgIpc) is 2.89. The maximum absolute atomic E-state index is 12.0. The van der Waals surface area contributed by atoms with Crippen LogP contribution in [0.15, 0.2) is 0 Å². The first-order chi connectivity index (χ1) is 8.96. The third kappa shape index (κ3) is 4.24. The Balaban J connectivity index is 1.81. The Morgan fingerprint density at radius 2 is 2.00 bits per heavy atom. The third-order valence-corrected chi connectivity index (χ3v) is 3.20. The monoisotopic (exact) mass is 282 g/mol. The summed E-state index contributed by atoms with van der Waals surface area (Å²) in [7, 11) is 0. The summed E-state index contributed by atoms with van der Waals surface area (Å²) >= 11 is 0. The number of carbonyl (C=O) groups excluding carboxylic acids is 1. The van der Waals surface area contributed by atoms with Gasteiger partial charge in [-0.05, 0) is 12.8 Å². The first-order valence-corrected chi connectivity index (χ1v) is 6.28. The molecule has 2 atom stereocenters. The highest BCUT2D eigenvalue weighted by Crippen LogP contribution is 2.21. The van der Waals surface area contributed by atoms with E-state index in [2.05, 4.69) is 0 Å². The summed E-state index contributed by atoms with van der Waals surface area (Å²) in [6, 6.07) is -0.705. The van der Waals surface area contributed by atoms with Crippen molar-refractivity contribution >= 4 is 6.03 Å². The lowest BCUT2D eigenvalue weighted by molar-refractivity contribution is -0.124. The van der Waals surface area contributed by atoms with Crippen LogP contribution in [-0.2, 0) is 9.47 Å². The molecule has 2 rings (SSSR count). The van der Waals surface area contributed by atoms with Crippen molar-refractivity contribution in [1.29, 1.82) is 0 Å². The van der Waals surface area contributed by atoms with Crippen molar-refractivity contribution in [1.82, 2.24) is 10.2 Å². The number of urea groups is 1. The first-order valence-electron chi connectivity index (χ1n) is 6.28. The predicted octanol–water partition coefficient (Wildman–Crippen LogP) is 1.14. The lowest BCUT2D eigenvalue weighted by Gasteiger charge is -2.35. The van der Waals surface area contributed by atoms with Crippen LogP contribution in [0.25, 0.3) is 0 Å². The van der Waals surface area contributed by atoms with Gasteiger partial charge in [-0.2, -0.15) is 13.2 Å². The normalized spacial score (nSPS) is 28.5. The van der Waals surface area contributed by atoms with Gasteiger partial charge in [0.05, 0.1) is 19.3 Å². The maximum Gasteiger partial charge on any atom is 0.405 e. The van der Waals surface area contributed by atoms with Gasteiger partial charge in [0.1, 0.15) is 12.6 Å². The zero-order valence-corrected chi connectivity index (χ0v) is 10.4. The lowest BCUT2D eigenvalue weighted by Crippen LogP contribution is -2.53. The van der Waals surface area contributed by atoms with Crippen molar-refractivity contribution in [3.8, 4) is 0 Å². The Kier molecular flexibility index (Phi) is 4.51. The van der Waals surface area contributed by atoms with Gasteiger partial charge in [0.25, 0.3) is 0 Å². The van der Waals surface area contributed by atoms with Gasteiger partial charge in [0.15, 0.2) is 0 Å². The molecular weight excluding hydrogens is 265 g/mol. The molecule has 2 aliphatic rings. The fourth-order valence-corrected chi connectivity index (χ4v) is 2.27. The number of nitrogens with zero attached hydrogens (tertiary/aromatic N) is 1. The zero-order chi connectivity index (χ0) is 13.9. The van der Waals surface area contributed by atoms with E-state index in [-0.39, 0.29) is 18.8 Å². The molecule has 0 aliphatic carbocycles. The van der Waals surface area contributed by atoms with Gasteiger partial charge in [-0.15, -0.1) is 0 Å². The molecule has 0 unspecified atom stereocenters. The minimum Gasteiger partial charge on any atom is -0.375 e. The summed E-state index contributed by atoms with van der Waals surface area (Å²) in [5.41, 5.74) is 0. The van der Waals surface area contributed by atoms with Crippen LogP contribution in [0.4, 0.5) is 18.0 Å². The van der Waals surface area contributed by atoms with Crippen LogP contribution in [0.1, 0.15) is 12.8 Å². The van der Waals surface area contributed by atoms with Crippen molar-refractivity contribution in [3.63, 3.8) is 0 Å². The van der Waals surface area contributed by atoms with E-state index in [0.29, 0.717) is 19.8 Å². The van der Waals surface area contributed by atoms with Gasteiger partial charge in [-0.1, -0.05) is 0 Å². The topological polar surface area (TPSA) is 50.8 Å². The van der Waals surface area contributed by atoms with Crippen LogP contribution in [0.3, 0.4) is 0 Å². The van der Waals surface area contributed by atoms with Gasteiger partial charge in [0, 0.05) is 13.2 Å². The van der Waals surface area contributed by atoms with E-state index in [1.54, 1.807) is 0 Å². The van der Waals surface area contributed by atoms with Crippen LogP contribution in [-0.4, -0.2) is 62.2 Å². The third-order valence-electron chi connectivity index (χ3n) is 3.20. The predicted molar refractivity (Wildman–Crippen MR) is 59.7 cm³/mol. The number of hydrogen-bond donors (Lipinski definition) is 1. The Hall–Kier alpha value is -1.02. The van der Waals surface area contributed by atoms with E-state index in [4.69, 9.17) is 9.47 Å². The van der Waals surface area contributed by atoms with Gasteiger partial charge in [-0.25, -0.2) is 4.79 Å². The number of rotatable bonds is 2. The molecule has 0 bridgehead atoms. The van der Waals surface area contributed by atoms with E-state index in [9.17, 15) is 18.0 Å². The lowest BCUT2D eigenvalue weighted by atomic mass is 10.1.